The van der Waals surface area contributed by atoms with Crippen LogP contribution in [0.15, 0.2) is 48.8 Å². The highest BCUT2D eigenvalue weighted by Crippen LogP contribution is 2.36. The molecule has 4 heterocycles. The number of pyridine rings is 2. The lowest BCUT2D eigenvalue weighted by atomic mass is 9.99. The molecule has 54 heavy (non-hydrogen) atoms. The highest BCUT2D eigenvalue weighted by atomic mass is 16.5. The number of benzene rings is 2. The zero-order chi connectivity index (χ0) is 39.1. The molecule has 6 rings (SSSR count). The van der Waals surface area contributed by atoms with Crippen LogP contribution >= 0.6 is 0 Å². The van der Waals surface area contributed by atoms with Crippen molar-refractivity contribution in [3.8, 4) is 0 Å². The van der Waals surface area contributed by atoms with Crippen LogP contribution in [-0.2, 0) is 30.3 Å². The van der Waals surface area contributed by atoms with Gasteiger partial charge in [-0.2, -0.15) is 0 Å². The minimum absolute atomic E-state index is 0.0248. The third kappa shape index (κ3) is 8.75. The van der Waals surface area contributed by atoms with E-state index in [2.05, 4.69) is 65.0 Å². The number of hydrogen-bond acceptors (Lipinski definition) is 9. The third-order valence-corrected chi connectivity index (χ3v) is 9.11. The van der Waals surface area contributed by atoms with Crippen molar-refractivity contribution in [2.24, 2.45) is 0 Å². The van der Waals surface area contributed by atoms with Crippen molar-refractivity contribution in [3.63, 3.8) is 0 Å². The van der Waals surface area contributed by atoms with Gasteiger partial charge < -0.3 is 33.7 Å². The van der Waals surface area contributed by atoms with Gasteiger partial charge in [-0.3, -0.25) is 0 Å². The quantitative estimate of drug-likeness (QED) is 0.105. The van der Waals surface area contributed by atoms with Gasteiger partial charge >= 0.3 is 11.9 Å². The molecule has 11 nitrogen and oxygen atoms in total. The van der Waals surface area contributed by atoms with E-state index >= 15 is 0 Å². The number of ether oxygens (including phenoxy) is 5. The summed E-state index contributed by atoms with van der Waals surface area (Å²) in [4.78, 5) is 40.5. The maximum absolute atomic E-state index is 12.6. The Kier molecular flexibility index (Phi) is 13.4. The molecule has 6 aromatic rings. The summed E-state index contributed by atoms with van der Waals surface area (Å²) in [5.74, 6) is -0.824. The summed E-state index contributed by atoms with van der Waals surface area (Å²) in [5, 5.41) is 4.05. The SMILES string of the molecule is CCCOC(C)c1ccc2[nH]c3cnc(C(=O)OC(C)C)c(C)c3c2c1.CCCOC(C)c1cccc2[nH]c3cnc(C(=O)OC(C)C)c(COC)c3c12. The molecule has 2 atom stereocenters. The molecule has 4 aromatic heterocycles. The maximum atomic E-state index is 12.6. The lowest BCUT2D eigenvalue weighted by Crippen LogP contribution is -2.16. The predicted octanol–water partition coefficient (Wildman–Crippen LogP) is 9.99. The van der Waals surface area contributed by atoms with E-state index in [0.29, 0.717) is 18.0 Å². The first-order valence-electron chi connectivity index (χ1n) is 18.9. The highest BCUT2D eigenvalue weighted by Gasteiger charge is 2.24. The number of esters is 2. The Morgan fingerprint density at radius 2 is 1.30 bits per heavy atom. The summed E-state index contributed by atoms with van der Waals surface area (Å²) in [6.45, 7) is 19.2. The molecule has 0 saturated carbocycles. The molecule has 0 aliphatic carbocycles. The molecule has 0 fully saturated rings. The van der Waals surface area contributed by atoms with E-state index < -0.39 is 5.97 Å². The van der Waals surface area contributed by atoms with Crippen molar-refractivity contribution < 1.29 is 33.3 Å². The van der Waals surface area contributed by atoms with Gasteiger partial charge in [-0.05, 0) is 96.2 Å². The van der Waals surface area contributed by atoms with E-state index in [4.69, 9.17) is 23.7 Å². The second-order valence-electron chi connectivity index (χ2n) is 14.1. The van der Waals surface area contributed by atoms with Gasteiger partial charge in [-0.15, -0.1) is 0 Å². The standard InChI is InChI=1S/C22H28N2O4.C21H26N2O3/c1-6-10-27-14(4)15-8-7-9-17-19(15)20-16(12-26-5)21(22(25)28-13(2)3)23-11-18(20)24-17;1-6-9-25-14(5)15-7-8-17-16(10-15)19-13(4)20(21(24)26-12(2)3)22-11-18(19)23-17/h7-9,11,13-14,24H,6,10,12H2,1-5H3;7-8,10-12,14,23H,6,9H2,1-5H3. The number of aromatic amines is 2. The first-order chi connectivity index (χ1) is 25.9. The lowest BCUT2D eigenvalue weighted by Gasteiger charge is -2.16. The molecular weight excluding hydrogens is 684 g/mol. The number of rotatable bonds is 14. The van der Waals surface area contributed by atoms with Crippen molar-refractivity contribution in [2.75, 3.05) is 20.3 Å². The number of H-pyrrole nitrogens is 2. The van der Waals surface area contributed by atoms with E-state index in [9.17, 15) is 9.59 Å². The van der Waals surface area contributed by atoms with E-state index in [1.165, 1.54) is 0 Å². The second-order valence-corrected chi connectivity index (χ2v) is 14.1. The number of fused-ring (bicyclic) bond motifs is 6. The van der Waals surface area contributed by atoms with Gasteiger partial charge in [-0.1, -0.05) is 32.0 Å². The molecule has 0 aliphatic rings. The Morgan fingerprint density at radius 1 is 0.704 bits per heavy atom. The van der Waals surface area contributed by atoms with Gasteiger partial charge in [0.15, 0.2) is 11.4 Å². The number of carbonyl (C=O) groups excluding carboxylic acids is 2. The third-order valence-electron chi connectivity index (χ3n) is 9.11. The molecule has 2 aromatic carbocycles. The van der Waals surface area contributed by atoms with Crippen molar-refractivity contribution in [2.45, 2.75) is 106 Å². The fourth-order valence-electron chi connectivity index (χ4n) is 6.68. The van der Waals surface area contributed by atoms with Crippen LogP contribution in [0.25, 0.3) is 43.6 Å². The summed E-state index contributed by atoms with van der Waals surface area (Å²) < 4.78 is 28.0. The number of hydrogen-bond donors (Lipinski definition) is 2. The largest absolute Gasteiger partial charge is 0.458 e. The van der Waals surface area contributed by atoms with Crippen LogP contribution in [0.3, 0.4) is 0 Å². The Bertz CT molecular complexity index is 2240. The van der Waals surface area contributed by atoms with Gasteiger partial charge in [0.2, 0.25) is 0 Å². The normalized spacial score (nSPS) is 12.8. The molecule has 0 aliphatic heterocycles. The molecule has 2 N–H and O–H groups in total. The molecule has 2 unspecified atom stereocenters. The molecule has 11 heteroatoms. The fourth-order valence-corrected chi connectivity index (χ4v) is 6.68. The summed E-state index contributed by atoms with van der Waals surface area (Å²) in [7, 11) is 1.61. The summed E-state index contributed by atoms with van der Waals surface area (Å²) in [5.41, 5.74) is 8.19. The summed E-state index contributed by atoms with van der Waals surface area (Å²) in [6, 6.07) is 12.4. The Hall–Kier alpha value is -4.84. The zero-order valence-electron chi connectivity index (χ0n) is 33.2. The summed E-state index contributed by atoms with van der Waals surface area (Å²) >= 11 is 0. The number of aryl methyl sites for hydroxylation is 1. The predicted molar refractivity (Wildman–Crippen MR) is 213 cm³/mol. The fraction of sp³-hybridized carbons (Fsp3) is 0.442. The van der Waals surface area contributed by atoms with Crippen molar-refractivity contribution in [3.05, 3.63) is 82.4 Å². The number of nitrogens with one attached hydrogen (secondary N) is 2. The van der Waals surface area contributed by atoms with Crippen LogP contribution in [0.1, 0.15) is 124 Å². The van der Waals surface area contributed by atoms with Gasteiger partial charge in [0.1, 0.15) is 0 Å². The Balaban J connectivity index is 0.000000208. The van der Waals surface area contributed by atoms with Gasteiger partial charge in [0.25, 0.3) is 0 Å². The van der Waals surface area contributed by atoms with Crippen molar-refractivity contribution in [1.29, 1.82) is 0 Å². The Labute approximate surface area is 317 Å². The van der Waals surface area contributed by atoms with Crippen LogP contribution in [-0.4, -0.2) is 64.4 Å². The van der Waals surface area contributed by atoms with Gasteiger partial charge in [0.05, 0.1) is 54.4 Å². The van der Waals surface area contributed by atoms with E-state index in [0.717, 1.165) is 85.3 Å². The van der Waals surface area contributed by atoms with E-state index in [-0.39, 0.29) is 37.0 Å². The van der Waals surface area contributed by atoms with Gasteiger partial charge in [0, 0.05) is 58.5 Å². The van der Waals surface area contributed by atoms with Crippen LogP contribution in [0.4, 0.5) is 0 Å². The van der Waals surface area contributed by atoms with Crippen LogP contribution < -0.4 is 0 Å². The van der Waals surface area contributed by atoms with Crippen LogP contribution in [0.5, 0.6) is 0 Å². The molecule has 0 saturated heterocycles. The molecule has 0 amide bonds. The zero-order valence-corrected chi connectivity index (χ0v) is 33.2. The highest BCUT2D eigenvalue weighted by molar-refractivity contribution is 6.13. The first-order valence-corrected chi connectivity index (χ1v) is 18.9. The minimum atomic E-state index is -0.439. The number of carbonyl (C=O) groups is 2. The molecule has 288 valence electrons. The van der Waals surface area contributed by atoms with E-state index in [1.807, 2.05) is 53.7 Å². The molecule has 0 spiro atoms. The molecule has 0 bridgehead atoms. The number of nitrogens with zero attached hydrogens (tertiary/aromatic N) is 2. The van der Waals surface area contributed by atoms with Gasteiger partial charge in [-0.25, -0.2) is 19.6 Å². The lowest BCUT2D eigenvalue weighted by molar-refractivity contribution is 0.0357. The topological polar surface area (TPSA) is 138 Å². The molecule has 0 radical (unpaired) electrons. The van der Waals surface area contributed by atoms with Crippen molar-refractivity contribution >= 4 is 55.6 Å². The number of aromatic nitrogens is 4. The maximum Gasteiger partial charge on any atom is 0.357 e. The molecular formula is C43H54N4O7. The average molecular weight is 739 g/mol. The average Bonchev–Trinajstić information content (AvgIpc) is 3.71. The smallest absolute Gasteiger partial charge is 0.357 e. The van der Waals surface area contributed by atoms with Crippen LogP contribution in [0.2, 0.25) is 0 Å². The Morgan fingerprint density at radius 3 is 1.93 bits per heavy atom. The monoisotopic (exact) mass is 738 g/mol. The second kappa shape index (κ2) is 18.0. The first kappa shape index (κ1) is 40.3. The number of methoxy groups -OCH3 is 1. The van der Waals surface area contributed by atoms with Crippen molar-refractivity contribution in [1.82, 2.24) is 19.9 Å². The minimum Gasteiger partial charge on any atom is -0.458 e. The van der Waals surface area contributed by atoms with Crippen LogP contribution in [0, 0.1) is 6.92 Å². The summed E-state index contributed by atoms with van der Waals surface area (Å²) in [6.07, 6.45) is 4.90. The van der Waals surface area contributed by atoms with E-state index in [1.54, 1.807) is 19.5 Å².